The lowest BCUT2D eigenvalue weighted by atomic mass is 10.0. The number of ether oxygens (including phenoxy) is 2. The monoisotopic (exact) mass is 420 g/mol. The highest BCUT2D eigenvalue weighted by atomic mass is 19.4. The van der Waals surface area contributed by atoms with Crippen molar-refractivity contribution >= 4 is 16.9 Å². The van der Waals surface area contributed by atoms with Gasteiger partial charge in [0.1, 0.15) is 17.9 Å². The van der Waals surface area contributed by atoms with Crippen molar-refractivity contribution in [2.24, 2.45) is 0 Å². The van der Waals surface area contributed by atoms with Crippen LogP contribution in [0.3, 0.4) is 0 Å². The van der Waals surface area contributed by atoms with Crippen LogP contribution in [0.4, 0.5) is 13.2 Å². The van der Waals surface area contributed by atoms with E-state index >= 15 is 0 Å². The normalized spacial score (nSPS) is 11.5. The van der Waals surface area contributed by atoms with Gasteiger partial charge in [0.2, 0.25) is 0 Å². The third-order valence-electron chi connectivity index (χ3n) is 4.73. The molecule has 2 aromatic carbocycles. The van der Waals surface area contributed by atoms with Crippen molar-refractivity contribution in [3.63, 3.8) is 0 Å². The molecule has 30 heavy (non-hydrogen) atoms. The van der Waals surface area contributed by atoms with Gasteiger partial charge in [-0.05, 0) is 48.7 Å². The molecule has 3 rings (SSSR count). The molecule has 0 spiro atoms. The summed E-state index contributed by atoms with van der Waals surface area (Å²) in [4.78, 5) is 24.4. The number of aryl methyl sites for hydroxylation is 1. The van der Waals surface area contributed by atoms with E-state index in [1.807, 2.05) is 0 Å². The molecule has 5 nitrogen and oxygen atoms in total. The van der Waals surface area contributed by atoms with E-state index in [1.165, 1.54) is 19.2 Å². The zero-order valence-electron chi connectivity index (χ0n) is 16.3. The lowest BCUT2D eigenvalue weighted by Crippen LogP contribution is -2.14. The molecule has 0 aliphatic carbocycles. The molecule has 0 aliphatic rings. The summed E-state index contributed by atoms with van der Waals surface area (Å²) in [7, 11) is 1.51. The Morgan fingerprint density at radius 3 is 2.60 bits per heavy atom. The van der Waals surface area contributed by atoms with Crippen LogP contribution in [-0.4, -0.2) is 13.1 Å². The van der Waals surface area contributed by atoms with Gasteiger partial charge in [0.15, 0.2) is 0 Å². The summed E-state index contributed by atoms with van der Waals surface area (Å²) in [6, 6.07) is 9.69. The van der Waals surface area contributed by atoms with Crippen molar-refractivity contribution in [3.8, 4) is 5.75 Å². The van der Waals surface area contributed by atoms with E-state index in [2.05, 4.69) is 0 Å². The Bertz CT molecular complexity index is 1130. The van der Waals surface area contributed by atoms with E-state index < -0.39 is 23.3 Å². The molecule has 0 N–H and O–H groups in total. The maximum Gasteiger partial charge on any atom is 0.416 e. The van der Waals surface area contributed by atoms with E-state index in [1.54, 1.807) is 25.1 Å². The Morgan fingerprint density at radius 1 is 1.13 bits per heavy atom. The Labute approximate surface area is 170 Å². The van der Waals surface area contributed by atoms with Gasteiger partial charge in [0, 0.05) is 23.4 Å². The van der Waals surface area contributed by atoms with Crippen LogP contribution in [0.1, 0.15) is 28.7 Å². The van der Waals surface area contributed by atoms with E-state index in [-0.39, 0.29) is 25.0 Å². The molecule has 0 aliphatic heterocycles. The van der Waals surface area contributed by atoms with E-state index in [0.29, 0.717) is 22.5 Å². The predicted octanol–water partition coefficient (Wildman–Crippen LogP) is 4.80. The Kier molecular flexibility index (Phi) is 6.14. The zero-order valence-corrected chi connectivity index (χ0v) is 16.3. The van der Waals surface area contributed by atoms with Gasteiger partial charge >= 0.3 is 17.8 Å². The number of methoxy groups -OCH3 is 1. The number of fused-ring (bicyclic) bond motifs is 1. The lowest BCUT2D eigenvalue weighted by molar-refractivity contribution is -0.144. The summed E-state index contributed by atoms with van der Waals surface area (Å²) in [5, 5.41) is 0.725. The molecule has 158 valence electrons. The van der Waals surface area contributed by atoms with Crippen LogP contribution >= 0.6 is 0 Å². The predicted molar refractivity (Wildman–Crippen MR) is 103 cm³/mol. The Hall–Kier alpha value is -3.29. The van der Waals surface area contributed by atoms with Crippen molar-refractivity contribution in [3.05, 3.63) is 75.1 Å². The largest absolute Gasteiger partial charge is 0.497 e. The molecule has 0 fully saturated rings. The second-order valence-electron chi connectivity index (χ2n) is 6.71. The molecule has 1 aromatic heterocycles. The molecule has 0 atom stereocenters. The molecule has 0 amide bonds. The number of alkyl halides is 3. The first-order valence-electron chi connectivity index (χ1n) is 9.11. The minimum atomic E-state index is -4.47. The summed E-state index contributed by atoms with van der Waals surface area (Å²) in [5.41, 5.74) is 0.288. The summed E-state index contributed by atoms with van der Waals surface area (Å²) < 4.78 is 53.8. The van der Waals surface area contributed by atoms with E-state index in [9.17, 15) is 22.8 Å². The number of rotatable bonds is 6. The molecule has 3 aromatic rings. The topological polar surface area (TPSA) is 65.7 Å². The molecule has 0 bridgehead atoms. The van der Waals surface area contributed by atoms with Crippen LogP contribution in [0.5, 0.6) is 5.75 Å². The smallest absolute Gasteiger partial charge is 0.416 e. The molecule has 1 heterocycles. The minimum Gasteiger partial charge on any atom is -0.497 e. The average Bonchev–Trinajstić information content (AvgIpc) is 2.71. The van der Waals surface area contributed by atoms with Crippen molar-refractivity contribution in [1.82, 2.24) is 0 Å². The van der Waals surface area contributed by atoms with Gasteiger partial charge in [-0.25, -0.2) is 4.79 Å². The first kappa shape index (κ1) is 21.4. The van der Waals surface area contributed by atoms with E-state index in [4.69, 9.17) is 13.9 Å². The third-order valence-corrected chi connectivity index (χ3v) is 4.73. The molecular formula is C22H19F3O5. The van der Waals surface area contributed by atoms with Gasteiger partial charge in [0.05, 0.1) is 12.7 Å². The maximum atomic E-state index is 12.8. The highest BCUT2D eigenvalue weighted by Gasteiger charge is 2.30. The fourth-order valence-corrected chi connectivity index (χ4v) is 3.09. The highest BCUT2D eigenvalue weighted by molar-refractivity contribution is 5.82. The van der Waals surface area contributed by atoms with Crippen LogP contribution < -0.4 is 10.4 Å². The van der Waals surface area contributed by atoms with Crippen molar-refractivity contribution in [2.75, 3.05) is 7.11 Å². The zero-order chi connectivity index (χ0) is 21.9. The first-order valence-corrected chi connectivity index (χ1v) is 9.11. The number of carbonyl (C=O) groups excluding carboxylic acids is 1. The van der Waals surface area contributed by atoms with Crippen molar-refractivity contribution in [1.29, 1.82) is 0 Å². The van der Waals surface area contributed by atoms with Gasteiger partial charge in [-0.15, -0.1) is 0 Å². The van der Waals surface area contributed by atoms with Crippen LogP contribution in [0.2, 0.25) is 0 Å². The highest BCUT2D eigenvalue weighted by Crippen LogP contribution is 2.29. The summed E-state index contributed by atoms with van der Waals surface area (Å²) in [6.45, 7) is 1.48. The second kappa shape index (κ2) is 8.61. The van der Waals surface area contributed by atoms with Crippen molar-refractivity contribution in [2.45, 2.75) is 32.5 Å². The molecule has 0 radical (unpaired) electrons. The third kappa shape index (κ3) is 4.82. The minimum absolute atomic E-state index is 0.0948. The average molecular weight is 420 g/mol. The van der Waals surface area contributed by atoms with Gasteiger partial charge in [0.25, 0.3) is 0 Å². The fraction of sp³-hybridized carbons (Fsp3) is 0.273. The SMILES string of the molecule is COc1ccc2c(C)c(CCC(=O)OCc3cccc(C(F)(F)F)c3)c(=O)oc2c1. The number of carbonyl (C=O) groups is 1. The first-order chi connectivity index (χ1) is 14.2. The number of halogens is 3. The van der Waals surface area contributed by atoms with Gasteiger partial charge in [-0.1, -0.05) is 12.1 Å². The standard InChI is InChI=1S/C22H19F3O5/c1-13-17-7-6-16(28-2)11-19(17)30-21(27)18(13)8-9-20(26)29-12-14-4-3-5-15(10-14)22(23,24)25/h3-7,10-11H,8-9,12H2,1-2H3. The van der Waals surface area contributed by atoms with Crippen molar-refractivity contribution < 1.29 is 31.9 Å². The number of benzene rings is 2. The van der Waals surface area contributed by atoms with Crippen LogP contribution in [0.15, 0.2) is 51.7 Å². The second-order valence-corrected chi connectivity index (χ2v) is 6.71. The number of esters is 1. The van der Waals surface area contributed by atoms with Gasteiger partial charge < -0.3 is 13.9 Å². The lowest BCUT2D eigenvalue weighted by Gasteiger charge is -2.10. The molecule has 0 saturated heterocycles. The molecule has 0 unspecified atom stereocenters. The fourth-order valence-electron chi connectivity index (χ4n) is 3.09. The van der Waals surface area contributed by atoms with Crippen LogP contribution in [0.25, 0.3) is 11.0 Å². The summed E-state index contributed by atoms with van der Waals surface area (Å²) in [6.07, 6.45) is -4.48. The quantitative estimate of drug-likeness (QED) is 0.423. The van der Waals surface area contributed by atoms with Gasteiger partial charge in [-0.3, -0.25) is 4.79 Å². The van der Waals surface area contributed by atoms with E-state index in [0.717, 1.165) is 17.5 Å². The molecular weight excluding hydrogens is 401 g/mol. The van der Waals surface area contributed by atoms with Crippen LogP contribution in [-0.2, 0) is 28.7 Å². The summed E-state index contributed by atoms with van der Waals surface area (Å²) in [5.74, 6) is -0.0722. The Balaban J connectivity index is 1.66. The molecule has 8 heteroatoms. The summed E-state index contributed by atoms with van der Waals surface area (Å²) >= 11 is 0. The number of hydrogen-bond donors (Lipinski definition) is 0. The number of hydrogen-bond acceptors (Lipinski definition) is 5. The molecule has 0 saturated carbocycles. The Morgan fingerprint density at radius 2 is 1.90 bits per heavy atom. The van der Waals surface area contributed by atoms with Gasteiger partial charge in [-0.2, -0.15) is 13.2 Å². The van der Waals surface area contributed by atoms with Crippen LogP contribution in [0, 0.1) is 6.92 Å². The maximum absolute atomic E-state index is 12.8.